The number of rotatable bonds is 6. The van der Waals surface area contributed by atoms with Crippen molar-refractivity contribution in [3.05, 3.63) is 36.0 Å². The Labute approximate surface area is 182 Å². The number of carbonyl (C=O) groups excluding carboxylic acids is 3. The number of hydrogen-bond donors (Lipinski definition) is 1. The monoisotopic (exact) mass is 426 g/mol. The van der Waals surface area contributed by atoms with E-state index in [9.17, 15) is 14.4 Å². The molecule has 1 heterocycles. The van der Waals surface area contributed by atoms with Gasteiger partial charge in [-0.1, -0.05) is 39.0 Å². The minimum absolute atomic E-state index is 0.0751. The Hall–Kier alpha value is -2.83. The average Bonchev–Trinajstić information content (AvgIpc) is 3.28. The number of nitrogens with zero attached hydrogens (tertiary/aromatic N) is 1. The SMILES string of the molecule is COC(=O)c1cn(CC(=O)OCC(=O)NC2CC3CCC2(C)C3(C)C)c2ccccc12. The molecule has 1 aromatic carbocycles. The highest BCUT2D eigenvalue weighted by atomic mass is 16.5. The highest BCUT2D eigenvalue weighted by molar-refractivity contribution is 6.04. The lowest BCUT2D eigenvalue weighted by atomic mass is 9.69. The number of esters is 2. The van der Waals surface area contributed by atoms with Gasteiger partial charge in [-0.15, -0.1) is 0 Å². The lowest BCUT2D eigenvalue weighted by molar-refractivity contribution is -0.149. The number of nitrogens with one attached hydrogen (secondary N) is 1. The van der Waals surface area contributed by atoms with Crippen molar-refractivity contribution in [2.24, 2.45) is 16.7 Å². The number of aromatic nitrogens is 1. The van der Waals surface area contributed by atoms with Crippen LogP contribution < -0.4 is 5.32 Å². The Morgan fingerprint density at radius 1 is 1.19 bits per heavy atom. The number of ether oxygens (including phenoxy) is 2. The molecule has 2 aliphatic rings. The molecule has 2 bridgehead atoms. The Bertz CT molecular complexity index is 1040. The molecule has 1 aromatic heterocycles. The predicted molar refractivity (Wildman–Crippen MR) is 115 cm³/mol. The van der Waals surface area contributed by atoms with Crippen LogP contribution >= 0.6 is 0 Å². The third-order valence-corrected chi connectivity index (χ3v) is 7.99. The van der Waals surface area contributed by atoms with Gasteiger partial charge in [-0.05, 0) is 42.1 Å². The molecular formula is C24H30N2O5. The number of benzene rings is 1. The molecule has 1 amide bonds. The van der Waals surface area contributed by atoms with Gasteiger partial charge in [0.25, 0.3) is 5.91 Å². The van der Waals surface area contributed by atoms with Gasteiger partial charge in [-0.3, -0.25) is 9.59 Å². The van der Waals surface area contributed by atoms with E-state index in [0.29, 0.717) is 16.9 Å². The summed E-state index contributed by atoms with van der Waals surface area (Å²) in [5.74, 6) is -0.649. The van der Waals surface area contributed by atoms with Crippen molar-refractivity contribution in [3.8, 4) is 0 Å². The first-order chi connectivity index (χ1) is 14.7. The van der Waals surface area contributed by atoms with Crippen LogP contribution in [-0.4, -0.2) is 42.2 Å². The second-order valence-corrected chi connectivity index (χ2v) is 9.57. The minimum Gasteiger partial charge on any atom is -0.465 e. The quantitative estimate of drug-likeness (QED) is 0.716. The lowest BCUT2D eigenvalue weighted by Gasteiger charge is -2.39. The van der Waals surface area contributed by atoms with Gasteiger partial charge in [-0.2, -0.15) is 0 Å². The predicted octanol–water partition coefficient (Wildman–Crippen LogP) is 3.30. The molecule has 4 rings (SSSR count). The Morgan fingerprint density at radius 2 is 1.94 bits per heavy atom. The summed E-state index contributed by atoms with van der Waals surface area (Å²) in [6, 6.07) is 7.38. The van der Waals surface area contributed by atoms with E-state index in [1.54, 1.807) is 16.8 Å². The second-order valence-electron chi connectivity index (χ2n) is 9.57. The van der Waals surface area contributed by atoms with Crippen LogP contribution in [0.5, 0.6) is 0 Å². The molecule has 3 unspecified atom stereocenters. The fourth-order valence-corrected chi connectivity index (χ4v) is 5.64. The van der Waals surface area contributed by atoms with Crippen molar-refractivity contribution in [1.82, 2.24) is 9.88 Å². The molecule has 0 spiro atoms. The van der Waals surface area contributed by atoms with Crippen LogP contribution in [-0.2, 0) is 25.6 Å². The molecular weight excluding hydrogens is 396 g/mol. The summed E-state index contributed by atoms with van der Waals surface area (Å²) in [6.07, 6.45) is 4.88. The Kier molecular flexibility index (Phi) is 5.31. The van der Waals surface area contributed by atoms with E-state index >= 15 is 0 Å². The zero-order chi connectivity index (χ0) is 22.4. The smallest absolute Gasteiger partial charge is 0.340 e. The van der Waals surface area contributed by atoms with Crippen LogP contribution in [0.15, 0.2) is 30.5 Å². The van der Waals surface area contributed by atoms with Gasteiger partial charge >= 0.3 is 11.9 Å². The summed E-state index contributed by atoms with van der Waals surface area (Å²) in [7, 11) is 1.32. The maximum absolute atomic E-state index is 12.5. The normalized spacial score (nSPS) is 26.1. The van der Waals surface area contributed by atoms with Crippen molar-refractivity contribution in [2.75, 3.05) is 13.7 Å². The summed E-state index contributed by atoms with van der Waals surface area (Å²) < 4.78 is 11.7. The molecule has 166 valence electrons. The minimum atomic E-state index is -0.535. The van der Waals surface area contributed by atoms with Gasteiger partial charge in [0.1, 0.15) is 6.54 Å². The van der Waals surface area contributed by atoms with Gasteiger partial charge in [0.2, 0.25) is 0 Å². The number of amides is 1. The highest BCUT2D eigenvalue weighted by Crippen LogP contribution is 2.65. The third-order valence-electron chi connectivity index (χ3n) is 7.99. The molecule has 0 radical (unpaired) electrons. The summed E-state index contributed by atoms with van der Waals surface area (Å²) >= 11 is 0. The number of para-hydroxylation sites is 1. The van der Waals surface area contributed by atoms with E-state index in [4.69, 9.17) is 9.47 Å². The molecule has 7 nitrogen and oxygen atoms in total. The molecule has 2 fully saturated rings. The molecule has 3 atom stereocenters. The van der Waals surface area contributed by atoms with E-state index in [-0.39, 0.29) is 35.9 Å². The van der Waals surface area contributed by atoms with E-state index in [2.05, 4.69) is 26.1 Å². The summed E-state index contributed by atoms with van der Waals surface area (Å²) in [5.41, 5.74) is 1.39. The first-order valence-electron chi connectivity index (χ1n) is 10.8. The summed E-state index contributed by atoms with van der Waals surface area (Å²) in [4.78, 5) is 36.9. The molecule has 7 heteroatoms. The highest BCUT2D eigenvalue weighted by Gasteiger charge is 2.61. The molecule has 1 N–H and O–H groups in total. The van der Waals surface area contributed by atoms with Crippen molar-refractivity contribution in [1.29, 1.82) is 0 Å². The van der Waals surface area contributed by atoms with E-state index in [1.165, 1.54) is 13.5 Å². The van der Waals surface area contributed by atoms with Crippen LogP contribution in [0, 0.1) is 16.7 Å². The standard InChI is InChI=1S/C24H30N2O5/c1-23(2)15-9-10-24(23,3)19(11-15)25-20(27)14-31-21(28)13-26-12-17(22(29)30-4)16-7-5-6-8-18(16)26/h5-8,12,15,19H,9-11,13-14H2,1-4H3,(H,25,27). The van der Waals surface area contributed by atoms with Crippen LogP contribution in [0.1, 0.15) is 50.4 Å². The third kappa shape index (κ3) is 3.50. The number of methoxy groups -OCH3 is 1. The van der Waals surface area contributed by atoms with Gasteiger partial charge in [0, 0.05) is 23.1 Å². The van der Waals surface area contributed by atoms with E-state index < -0.39 is 11.9 Å². The van der Waals surface area contributed by atoms with Gasteiger partial charge in [0.15, 0.2) is 6.61 Å². The second kappa shape index (κ2) is 7.70. The zero-order valence-electron chi connectivity index (χ0n) is 18.6. The Balaban J connectivity index is 1.36. The molecule has 0 saturated heterocycles. The van der Waals surface area contributed by atoms with Crippen LogP contribution in [0.25, 0.3) is 10.9 Å². The molecule has 2 aliphatic carbocycles. The topological polar surface area (TPSA) is 86.6 Å². The zero-order valence-corrected chi connectivity index (χ0v) is 18.6. The van der Waals surface area contributed by atoms with Crippen molar-refractivity contribution >= 4 is 28.7 Å². The Morgan fingerprint density at radius 3 is 2.58 bits per heavy atom. The number of fused-ring (bicyclic) bond motifs is 3. The van der Waals surface area contributed by atoms with Crippen molar-refractivity contribution in [3.63, 3.8) is 0 Å². The van der Waals surface area contributed by atoms with Gasteiger partial charge in [0.05, 0.1) is 12.7 Å². The number of carbonyl (C=O) groups is 3. The first kappa shape index (κ1) is 21.4. The summed E-state index contributed by atoms with van der Waals surface area (Å²) in [5, 5.41) is 3.80. The fraction of sp³-hybridized carbons (Fsp3) is 0.542. The molecule has 31 heavy (non-hydrogen) atoms. The largest absolute Gasteiger partial charge is 0.465 e. The average molecular weight is 427 g/mol. The lowest BCUT2D eigenvalue weighted by Crippen LogP contribution is -2.48. The van der Waals surface area contributed by atoms with Crippen molar-refractivity contribution < 1.29 is 23.9 Å². The first-order valence-corrected chi connectivity index (χ1v) is 10.8. The molecule has 2 aromatic rings. The van der Waals surface area contributed by atoms with Gasteiger partial charge < -0.3 is 19.4 Å². The summed E-state index contributed by atoms with van der Waals surface area (Å²) in [6.45, 7) is 6.44. The van der Waals surface area contributed by atoms with E-state index in [1.807, 2.05) is 18.2 Å². The van der Waals surface area contributed by atoms with Gasteiger partial charge in [-0.25, -0.2) is 4.79 Å². The maximum Gasteiger partial charge on any atom is 0.340 e. The van der Waals surface area contributed by atoms with Crippen LogP contribution in [0.3, 0.4) is 0 Å². The fourth-order valence-electron chi connectivity index (χ4n) is 5.64. The van der Waals surface area contributed by atoms with E-state index in [0.717, 1.165) is 18.4 Å². The van der Waals surface area contributed by atoms with Crippen LogP contribution in [0.4, 0.5) is 0 Å². The number of hydrogen-bond acceptors (Lipinski definition) is 5. The maximum atomic E-state index is 12.5. The molecule has 2 saturated carbocycles. The molecule has 0 aliphatic heterocycles. The van der Waals surface area contributed by atoms with Crippen molar-refractivity contribution in [2.45, 2.75) is 52.6 Å². The van der Waals surface area contributed by atoms with Crippen LogP contribution in [0.2, 0.25) is 0 Å².